The minimum absolute atomic E-state index is 0.0412. The van der Waals surface area contributed by atoms with Crippen molar-refractivity contribution in [2.45, 2.75) is 96.0 Å². The normalized spacial score (nSPS) is 14.7. The molecule has 0 heterocycles. The second kappa shape index (κ2) is 38.0. The molecule has 1 aliphatic carbocycles. The fraction of sp³-hybridized carbons (Fsp3) is 0.432. The Morgan fingerprint density at radius 3 is 0.966 bits per heavy atom. The van der Waals surface area contributed by atoms with E-state index < -0.39 is 0 Å². The maximum atomic E-state index is 10.1. The molecular weight excluding hydrogens is 1160 g/mol. The fourth-order valence-electron chi connectivity index (χ4n) is 12.4. The number of rotatable bonds is 30. The minimum atomic E-state index is -0.185. The van der Waals surface area contributed by atoms with Gasteiger partial charge in [-0.15, -0.1) is 0 Å². The Balaban J connectivity index is 0.000000215. The quantitative estimate of drug-likeness (QED) is 0.0193. The lowest BCUT2D eigenvalue weighted by Crippen LogP contribution is -2.29. The highest BCUT2D eigenvalue weighted by molar-refractivity contribution is 6.30. The van der Waals surface area contributed by atoms with Crippen LogP contribution in [0.1, 0.15) is 134 Å². The predicted octanol–water partition coefficient (Wildman–Crippen LogP) is 11.8. The van der Waals surface area contributed by atoms with Gasteiger partial charge < -0.3 is 65.6 Å². The topological polar surface area (TPSA) is 195 Å². The number of hydrogen-bond donors (Lipinski definition) is 9. The molecule has 4 unspecified atom stereocenters. The van der Waals surface area contributed by atoms with Crippen LogP contribution >= 0.6 is 23.2 Å². The van der Waals surface area contributed by atoms with Crippen molar-refractivity contribution in [2.75, 3.05) is 125 Å². The summed E-state index contributed by atoms with van der Waals surface area (Å²) in [7, 11) is 0. The van der Waals surface area contributed by atoms with E-state index in [1.807, 2.05) is 43.9 Å². The fourth-order valence-corrected chi connectivity index (χ4v) is 12.6. The van der Waals surface area contributed by atoms with E-state index in [0.29, 0.717) is 63.3 Å². The van der Waals surface area contributed by atoms with Gasteiger partial charge in [0.15, 0.2) is 0 Å². The van der Waals surface area contributed by atoms with Crippen LogP contribution in [0.3, 0.4) is 0 Å². The van der Waals surface area contributed by atoms with E-state index in [9.17, 15) is 46.0 Å². The van der Waals surface area contributed by atoms with Crippen LogP contribution in [0, 0.1) is 5.41 Å². The molecule has 0 radical (unpaired) electrons. The van der Waals surface area contributed by atoms with Crippen molar-refractivity contribution in [3.63, 3.8) is 0 Å². The molecule has 89 heavy (non-hydrogen) atoms. The van der Waals surface area contributed by atoms with Crippen molar-refractivity contribution in [3.8, 4) is 0 Å². The number of halogens is 2. The van der Waals surface area contributed by atoms with Gasteiger partial charge in [0.1, 0.15) is 0 Å². The summed E-state index contributed by atoms with van der Waals surface area (Å²) in [4.78, 5) is 7.92. The lowest BCUT2D eigenvalue weighted by Gasteiger charge is -2.32. The van der Waals surface area contributed by atoms with E-state index in [1.165, 1.54) is 44.5 Å². The Hall–Kier alpha value is -6.04. The molecule has 0 aromatic heterocycles. The Kier molecular flexibility index (Phi) is 30.7. The van der Waals surface area contributed by atoms with Gasteiger partial charge in [-0.05, 0) is 154 Å². The molecule has 482 valence electrons. The number of nitrogens with zero attached hydrogens (tertiary/aromatic N) is 4. The maximum Gasteiger partial charge on any atom is 0.0606 e. The lowest BCUT2D eigenvalue weighted by atomic mass is 9.72. The third-order valence-corrected chi connectivity index (χ3v) is 17.2. The molecule has 0 saturated heterocycles. The molecule has 1 saturated carbocycles. The highest BCUT2D eigenvalue weighted by atomic mass is 35.5. The van der Waals surface area contributed by atoms with E-state index in [2.05, 4.69) is 173 Å². The number of benzene rings is 7. The molecule has 13 nitrogen and oxygen atoms in total. The van der Waals surface area contributed by atoms with Gasteiger partial charge in [-0.25, -0.2) is 0 Å². The van der Waals surface area contributed by atoms with Crippen LogP contribution in [0.25, 0.3) is 0 Å². The smallest absolute Gasteiger partial charge is 0.0606 e. The minimum Gasteiger partial charge on any atom is -0.395 e. The van der Waals surface area contributed by atoms with Gasteiger partial charge in [-0.3, -0.25) is 0 Å². The SMILES string of the molecule is CC(C)(C)C(c1ccc(Cl)cc1)c1ccc(N(CCO)CCO)cc1.CCCC(c1ccc(N(CCO)CCO)cc1)c1ccc(N(CCO)CCO)cc1.OCCN(CCO)c1ccc(C(c2ccc(Cl)cc2)c2ccc(C3CCCC(O)C3)cc2)cc1. The molecule has 9 N–H and O–H groups in total. The first-order chi connectivity index (χ1) is 43.1. The monoisotopic (exact) mass is 1260 g/mol. The number of anilines is 4. The maximum absolute atomic E-state index is 10.1. The van der Waals surface area contributed by atoms with Gasteiger partial charge in [-0.1, -0.05) is 161 Å². The van der Waals surface area contributed by atoms with Crippen LogP contribution in [0.15, 0.2) is 170 Å². The zero-order chi connectivity index (χ0) is 64.1. The summed E-state index contributed by atoms with van der Waals surface area (Å²) >= 11 is 12.2. The molecule has 4 atom stereocenters. The lowest BCUT2D eigenvalue weighted by molar-refractivity contribution is 0.119. The van der Waals surface area contributed by atoms with Gasteiger partial charge in [0, 0.05) is 103 Å². The Morgan fingerprint density at radius 2 is 0.674 bits per heavy atom. The molecule has 0 aliphatic heterocycles. The van der Waals surface area contributed by atoms with E-state index in [0.717, 1.165) is 66.3 Å². The molecule has 15 heteroatoms. The predicted molar refractivity (Wildman–Crippen MR) is 367 cm³/mol. The molecule has 0 bridgehead atoms. The summed E-state index contributed by atoms with van der Waals surface area (Å²) in [6.07, 6.45) is 5.89. The highest BCUT2D eigenvalue weighted by Gasteiger charge is 2.29. The zero-order valence-electron chi connectivity index (χ0n) is 52.7. The largest absolute Gasteiger partial charge is 0.395 e. The van der Waals surface area contributed by atoms with Crippen LogP contribution < -0.4 is 19.6 Å². The van der Waals surface area contributed by atoms with Gasteiger partial charge in [0.25, 0.3) is 0 Å². The van der Waals surface area contributed by atoms with Crippen molar-refractivity contribution in [1.29, 1.82) is 0 Å². The summed E-state index contributed by atoms with van der Waals surface area (Å²) in [5.74, 6) is 1.02. The highest BCUT2D eigenvalue weighted by Crippen LogP contribution is 2.42. The first-order valence-electron chi connectivity index (χ1n) is 31.7. The van der Waals surface area contributed by atoms with Crippen molar-refractivity contribution in [3.05, 3.63) is 224 Å². The van der Waals surface area contributed by atoms with Crippen molar-refractivity contribution >= 4 is 46.0 Å². The summed E-state index contributed by atoms with van der Waals surface area (Å²) < 4.78 is 0. The summed E-state index contributed by atoms with van der Waals surface area (Å²) in [5.41, 5.74) is 13.8. The van der Waals surface area contributed by atoms with Crippen LogP contribution in [-0.2, 0) is 0 Å². The van der Waals surface area contributed by atoms with Gasteiger partial charge in [-0.2, -0.15) is 0 Å². The van der Waals surface area contributed by atoms with E-state index >= 15 is 0 Å². The van der Waals surface area contributed by atoms with Crippen molar-refractivity contribution < 1.29 is 46.0 Å². The second-order valence-electron chi connectivity index (χ2n) is 24.0. The van der Waals surface area contributed by atoms with Crippen LogP contribution in [0.2, 0.25) is 10.0 Å². The molecule has 8 rings (SSSR count). The van der Waals surface area contributed by atoms with Crippen molar-refractivity contribution in [2.24, 2.45) is 5.41 Å². The standard InChI is InChI=1S/C29H34ClNO3.C24H36N2O4.C21H28ClNO2/c30-26-12-8-23(9-13-26)29(24-10-14-27(15-11-24)31(16-18-32)17-19-33)22-6-4-21(5-7-22)25-2-1-3-28(34)20-25;1-2-3-24(20-4-8-22(9-5-20)25(12-16-27)13-17-28)21-6-10-23(11-7-21)26(14-18-29)15-19-30;1-21(2,3)20(16-4-8-18(22)9-5-16)17-6-10-19(11-7-17)23(12-14-24)13-15-25/h4-15,25,28-29,32-34H,1-3,16-20H2;4-11,24,27-30H,2-3,12-19H2,1H3;4-11,20,24-25H,12-15H2,1-3H3. The van der Waals surface area contributed by atoms with E-state index in [-0.39, 0.29) is 82.1 Å². The Labute approximate surface area is 539 Å². The molecule has 0 spiro atoms. The van der Waals surface area contributed by atoms with Gasteiger partial charge >= 0.3 is 0 Å². The first kappa shape index (κ1) is 72.0. The average molecular weight is 1260 g/mol. The Morgan fingerprint density at radius 1 is 0.393 bits per heavy atom. The number of hydrogen-bond acceptors (Lipinski definition) is 13. The molecule has 0 amide bonds. The van der Waals surface area contributed by atoms with Crippen LogP contribution in [0.5, 0.6) is 0 Å². The number of aliphatic hydroxyl groups is 9. The van der Waals surface area contributed by atoms with Gasteiger partial charge in [0.05, 0.1) is 59.0 Å². The van der Waals surface area contributed by atoms with E-state index in [4.69, 9.17) is 23.2 Å². The van der Waals surface area contributed by atoms with Crippen LogP contribution in [-0.4, -0.2) is 157 Å². The molecule has 7 aromatic carbocycles. The van der Waals surface area contributed by atoms with Gasteiger partial charge in [0.2, 0.25) is 0 Å². The van der Waals surface area contributed by atoms with E-state index in [1.54, 1.807) is 0 Å². The molecule has 7 aromatic rings. The second-order valence-corrected chi connectivity index (χ2v) is 24.8. The van der Waals surface area contributed by atoms with Crippen LogP contribution in [0.4, 0.5) is 22.7 Å². The molecular formula is C74H98Cl2N4O9. The number of aliphatic hydroxyl groups excluding tert-OH is 9. The average Bonchev–Trinajstić information content (AvgIpc) is 1.71. The summed E-state index contributed by atoms with van der Waals surface area (Å²) in [6.45, 7) is 13.3. The summed E-state index contributed by atoms with van der Waals surface area (Å²) in [6, 6.07) is 58.5. The molecule has 1 fully saturated rings. The third kappa shape index (κ3) is 21.8. The molecule has 1 aliphatic rings. The first-order valence-corrected chi connectivity index (χ1v) is 32.4. The van der Waals surface area contributed by atoms with Crippen molar-refractivity contribution in [1.82, 2.24) is 0 Å². The summed E-state index contributed by atoms with van der Waals surface area (Å²) in [5, 5.41) is 85.8. The Bertz CT molecular complexity index is 2890. The zero-order valence-corrected chi connectivity index (χ0v) is 54.2. The third-order valence-electron chi connectivity index (χ3n) is 16.7.